The van der Waals surface area contributed by atoms with E-state index < -0.39 is 0 Å². The number of benzene rings is 1. The Bertz CT molecular complexity index is 392. The highest BCUT2D eigenvalue weighted by molar-refractivity contribution is 5.39. The largest absolute Gasteiger partial charge is 0.507 e. The van der Waals surface area contributed by atoms with Gasteiger partial charge in [-0.2, -0.15) is 0 Å². The molecule has 0 aliphatic carbocycles. The van der Waals surface area contributed by atoms with Crippen LogP contribution in [0.25, 0.3) is 0 Å². The first-order valence-corrected chi connectivity index (χ1v) is 6.81. The van der Waals surface area contributed by atoms with Crippen molar-refractivity contribution in [3.05, 3.63) is 23.8 Å². The third-order valence-electron chi connectivity index (χ3n) is 3.75. The summed E-state index contributed by atoms with van der Waals surface area (Å²) >= 11 is 0. The minimum absolute atomic E-state index is 0.341. The number of ether oxygens (including phenoxy) is 1. The van der Waals surface area contributed by atoms with Crippen LogP contribution in [-0.4, -0.2) is 30.2 Å². The monoisotopic (exact) mass is 249 g/mol. The Morgan fingerprint density at radius 1 is 1.44 bits per heavy atom. The SMILES string of the molecule is CCCC1CCN(Cc2ccc(OC)cc2O)C1. The van der Waals surface area contributed by atoms with Crippen LogP contribution in [0, 0.1) is 5.92 Å². The Morgan fingerprint density at radius 3 is 2.94 bits per heavy atom. The molecule has 1 saturated heterocycles. The molecule has 18 heavy (non-hydrogen) atoms. The van der Waals surface area contributed by atoms with E-state index in [1.54, 1.807) is 13.2 Å². The van der Waals surface area contributed by atoms with Gasteiger partial charge in [-0.05, 0) is 31.4 Å². The van der Waals surface area contributed by atoms with Gasteiger partial charge >= 0.3 is 0 Å². The number of nitrogens with zero attached hydrogens (tertiary/aromatic N) is 1. The van der Waals surface area contributed by atoms with Gasteiger partial charge in [0.2, 0.25) is 0 Å². The highest BCUT2D eigenvalue weighted by Crippen LogP contribution is 2.27. The summed E-state index contributed by atoms with van der Waals surface area (Å²) in [5.74, 6) is 1.89. The summed E-state index contributed by atoms with van der Waals surface area (Å²) in [6.07, 6.45) is 3.89. The number of hydrogen-bond donors (Lipinski definition) is 1. The Labute approximate surface area is 109 Å². The van der Waals surface area contributed by atoms with E-state index in [2.05, 4.69) is 11.8 Å². The zero-order valence-corrected chi connectivity index (χ0v) is 11.4. The van der Waals surface area contributed by atoms with Gasteiger partial charge in [-0.3, -0.25) is 4.90 Å². The van der Waals surface area contributed by atoms with E-state index in [-0.39, 0.29) is 0 Å². The van der Waals surface area contributed by atoms with Gasteiger partial charge in [-0.15, -0.1) is 0 Å². The normalized spacial score (nSPS) is 20.2. The number of phenolic OH excluding ortho intramolecular Hbond substituents is 1. The van der Waals surface area contributed by atoms with Crippen LogP contribution in [-0.2, 0) is 6.54 Å². The molecule has 0 saturated carbocycles. The van der Waals surface area contributed by atoms with Crippen molar-refractivity contribution in [2.24, 2.45) is 5.92 Å². The van der Waals surface area contributed by atoms with Gasteiger partial charge < -0.3 is 9.84 Å². The van der Waals surface area contributed by atoms with E-state index in [1.807, 2.05) is 12.1 Å². The summed E-state index contributed by atoms with van der Waals surface area (Å²) in [5, 5.41) is 9.95. The Balaban J connectivity index is 1.94. The zero-order valence-electron chi connectivity index (χ0n) is 11.4. The minimum atomic E-state index is 0.341. The van der Waals surface area contributed by atoms with Crippen LogP contribution in [0.4, 0.5) is 0 Å². The van der Waals surface area contributed by atoms with E-state index in [1.165, 1.54) is 25.8 Å². The van der Waals surface area contributed by atoms with Gasteiger partial charge in [0.15, 0.2) is 0 Å². The van der Waals surface area contributed by atoms with Crippen LogP contribution in [0.3, 0.4) is 0 Å². The molecule has 3 heteroatoms. The van der Waals surface area contributed by atoms with Crippen molar-refractivity contribution in [2.45, 2.75) is 32.7 Å². The maximum atomic E-state index is 9.95. The summed E-state index contributed by atoms with van der Waals surface area (Å²) in [5.41, 5.74) is 0.993. The second kappa shape index (κ2) is 6.10. The number of likely N-dealkylation sites (tertiary alicyclic amines) is 1. The summed E-state index contributed by atoms with van der Waals surface area (Å²) < 4.78 is 5.10. The first kappa shape index (κ1) is 13.2. The average Bonchev–Trinajstić information content (AvgIpc) is 2.80. The third kappa shape index (κ3) is 3.16. The van der Waals surface area contributed by atoms with Crippen molar-refractivity contribution in [1.82, 2.24) is 4.90 Å². The maximum Gasteiger partial charge on any atom is 0.123 e. The van der Waals surface area contributed by atoms with Crippen LogP contribution < -0.4 is 4.74 Å². The van der Waals surface area contributed by atoms with Crippen molar-refractivity contribution in [3.8, 4) is 11.5 Å². The van der Waals surface area contributed by atoms with Crippen molar-refractivity contribution < 1.29 is 9.84 Å². The molecule has 100 valence electrons. The Hall–Kier alpha value is -1.22. The molecule has 1 unspecified atom stereocenters. The zero-order chi connectivity index (χ0) is 13.0. The van der Waals surface area contributed by atoms with Crippen molar-refractivity contribution >= 4 is 0 Å². The summed E-state index contributed by atoms with van der Waals surface area (Å²) in [7, 11) is 1.62. The molecule has 0 spiro atoms. The fraction of sp³-hybridized carbons (Fsp3) is 0.600. The van der Waals surface area contributed by atoms with Crippen molar-refractivity contribution in [1.29, 1.82) is 0 Å². The molecule has 3 nitrogen and oxygen atoms in total. The molecule has 1 aliphatic rings. The molecule has 1 fully saturated rings. The minimum Gasteiger partial charge on any atom is -0.507 e. The highest BCUT2D eigenvalue weighted by Gasteiger charge is 2.22. The molecule has 0 aromatic heterocycles. The molecular formula is C15H23NO2. The highest BCUT2D eigenvalue weighted by atomic mass is 16.5. The Kier molecular flexibility index (Phi) is 4.48. The number of rotatable bonds is 5. The van der Waals surface area contributed by atoms with Crippen LogP contribution in [0.15, 0.2) is 18.2 Å². The molecule has 1 aromatic rings. The summed E-state index contributed by atoms with van der Waals surface area (Å²) in [4.78, 5) is 2.43. The lowest BCUT2D eigenvalue weighted by atomic mass is 10.0. The smallest absolute Gasteiger partial charge is 0.123 e. The first-order chi connectivity index (χ1) is 8.72. The van der Waals surface area contributed by atoms with Gasteiger partial charge in [0.05, 0.1) is 7.11 Å². The molecule has 0 amide bonds. The van der Waals surface area contributed by atoms with Gasteiger partial charge in [-0.1, -0.05) is 19.4 Å². The van der Waals surface area contributed by atoms with Gasteiger partial charge in [-0.25, -0.2) is 0 Å². The fourth-order valence-electron chi connectivity index (χ4n) is 2.75. The average molecular weight is 249 g/mol. The van der Waals surface area contributed by atoms with E-state index in [9.17, 15) is 5.11 Å². The molecule has 2 rings (SSSR count). The van der Waals surface area contributed by atoms with Gasteiger partial charge in [0.25, 0.3) is 0 Å². The van der Waals surface area contributed by atoms with E-state index in [4.69, 9.17) is 4.74 Å². The lowest BCUT2D eigenvalue weighted by Crippen LogP contribution is -2.20. The van der Waals surface area contributed by atoms with E-state index >= 15 is 0 Å². The molecule has 1 N–H and O–H groups in total. The van der Waals surface area contributed by atoms with Crippen LogP contribution in [0.5, 0.6) is 11.5 Å². The summed E-state index contributed by atoms with van der Waals surface area (Å²) in [6, 6.07) is 5.56. The molecule has 0 radical (unpaired) electrons. The predicted molar refractivity (Wildman–Crippen MR) is 73.0 cm³/mol. The fourth-order valence-corrected chi connectivity index (χ4v) is 2.75. The molecule has 1 aliphatic heterocycles. The molecular weight excluding hydrogens is 226 g/mol. The quantitative estimate of drug-likeness (QED) is 0.870. The molecule has 1 aromatic carbocycles. The molecule has 0 bridgehead atoms. The predicted octanol–water partition coefficient (Wildman–Crippen LogP) is 3.02. The lowest BCUT2D eigenvalue weighted by Gasteiger charge is -2.17. The van der Waals surface area contributed by atoms with Crippen LogP contribution in [0.2, 0.25) is 0 Å². The first-order valence-electron chi connectivity index (χ1n) is 6.81. The standard InChI is InChI=1S/C15H23NO2/c1-3-4-12-7-8-16(10-12)11-13-5-6-14(18-2)9-15(13)17/h5-6,9,12,17H,3-4,7-8,10-11H2,1-2H3. The van der Waals surface area contributed by atoms with Gasteiger partial charge in [0, 0.05) is 24.7 Å². The maximum absolute atomic E-state index is 9.95. The van der Waals surface area contributed by atoms with Crippen LogP contribution in [0.1, 0.15) is 31.7 Å². The second-order valence-corrected chi connectivity index (χ2v) is 5.17. The van der Waals surface area contributed by atoms with Crippen molar-refractivity contribution in [2.75, 3.05) is 20.2 Å². The van der Waals surface area contributed by atoms with Crippen molar-refractivity contribution in [3.63, 3.8) is 0 Å². The second-order valence-electron chi connectivity index (χ2n) is 5.17. The third-order valence-corrected chi connectivity index (χ3v) is 3.75. The molecule has 1 heterocycles. The Morgan fingerprint density at radius 2 is 2.28 bits per heavy atom. The summed E-state index contributed by atoms with van der Waals surface area (Å²) in [6.45, 7) is 5.41. The number of methoxy groups -OCH3 is 1. The number of hydrogen-bond acceptors (Lipinski definition) is 3. The van der Waals surface area contributed by atoms with Gasteiger partial charge in [0.1, 0.15) is 11.5 Å². The number of aromatic hydroxyl groups is 1. The van der Waals surface area contributed by atoms with E-state index in [0.29, 0.717) is 11.5 Å². The molecule has 1 atom stereocenters. The topological polar surface area (TPSA) is 32.7 Å². The lowest BCUT2D eigenvalue weighted by molar-refractivity contribution is 0.306. The van der Waals surface area contributed by atoms with Crippen LogP contribution >= 0.6 is 0 Å². The van der Waals surface area contributed by atoms with E-state index in [0.717, 1.165) is 24.6 Å². The number of phenols is 1.